The molecule has 0 radical (unpaired) electrons. The first-order chi connectivity index (χ1) is 11.9. The zero-order valence-corrected chi connectivity index (χ0v) is 14.5. The molecule has 25 heavy (non-hydrogen) atoms. The molecule has 1 fully saturated rings. The Labute approximate surface area is 145 Å². The summed E-state index contributed by atoms with van der Waals surface area (Å²) in [7, 11) is 1.72. The number of rotatable bonds is 3. The van der Waals surface area contributed by atoms with Gasteiger partial charge in [-0.1, -0.05) is 26.0 Å². The van der Waals surface area contributed by atoms with Crippen LogP contribution in [-0.4, -0.2) is 39.6 Å². The summed E-state index contributed by atoms with van der Waals surface area (Å²) < 4.78 is 14.8. The minimum absolute atomic E-state index is 0.199. The molecule has 132 valence electrons. The van der Waals surface area contributed by atoms with Gasteiger partial charge in [0.25, 0.3) is 5.91 Å². The largest absolute Gasteiger partial charge is 0.352 e. The summed E-state index contributed by atoms with van der Waals surface area (Å²) in [5, 5.41) is 7.14. The third kappa shape index (κ3) is 3.26. The van der Waals surface area contributed by atoms with E-state index in [0.717, 1.165) is 5.69 Å². The van der Waals surface area contributed by atoms with E-state index in [1.165, 1.54) is 29.2 Å². The van der Waals surface area contributed by atoms with E-state index in [-0.39, 0.29) is 23.5 Å². The standard InChI is InChI=1S/C18H21FN4O2/c1-11(2)14-10-15(22(3)21-14)18(25)23-9-8-20-17(24)16(23)12-4-6-13(19)7-5-12/h4-7,10-11,16H,8-9H2,1-3H3,(H,20,24)/t16-/m1/s1. The van der Waals surface area contributed by atoms with E-state index in [2.05, 4.69) is 10.4 Å². The molecule has 1 aliphatic heterocycles. The number of carbonyl (C=O) groups excluding carboxylic acids is 2. The van der Waals surface area contributed by atoms with Crippen LogP contribution in [0, 0.1) is 5.82 Å². The molecule has 1 aromatic heterocycles. The van der Waals surface area contributed by atoms with Crippen LogP contribution >= 0.6 is 0 Å². The maximum atomic E-state index is 13.2. The van der Waals surface area contributed by atoms with Crippen molar-refractivity contribution >= 4 is 11.8 Å². The van der Waals surface area contributed by atoms with Gasteiger partial charge in [-0.25, -0.2) is 4.39 Å². The average molecular weight is 344 g/mol. The predicted octanol–water partition coefficient (Wildman–Crippen LogP) is 2.00. The second-order valence-corrected chi connectivity index (χ2v) is 6.48. The molecule has 2 heterocycles. The fourth-order valence-corrected chi connectivity index (χ4v) is 2.98. The Morgan fingerprint density at radius 1 is 1.32 bits per heavy atom. The van der Waals surface area contributed by atoms with Crippen molar-refractivity contribution in [2.24, 2.45) is 7.05 Å². The molecular weight excluding hydrogens is 323 g/mol. The molecule has 7 heteroatoms. The van der Waals surface area contributed by atoms with E-state index in [1.54, 1.807) is 17.8 Å². The molecule has 0 unspecified atom stereocenters. The molecule has 3 rings (SSSR count). The molecule has 1 aliphatic rings. The topological polar surface area (TPSA) is 67.2 Å². The highest BCUT2D eigenvalue weighted by atomic mass is 19.1. The molecule has 2 aromatic rings. The van der Waals surface area contributed by atoms with Crippen LogP contribution in [-0.2, 0) is 11.8 Å². The fourth-order valence-electron chi connectivity index (χ4n) is 2.98. The van der Waals surface area contributed by atoms with Crippen LogP contribution in [0.25, 0.3) is 0 Å². The number of benzene rings is 1. The molecule has 6 nitrogen and oxygen atoms in total. The predicted molar refractivity (Wildman–Crippen MR) is 90.5 cm³/mol. The molecule has 2 amide bonds. The second kappa shape index (κ2) is 6.66. The maximum absolute atomic E-state index is 13.2. The van der Waals surface area contributed by atoms with Crippen molar-refractivity contribution < 1.29 is 14.0 Å². The van der Waals surface area contributed by atoms with Gasteiger partial charge in [0.05, 0.1) is 5.69 Å². The molecule has 0 spiro atoms. The molecule has 1 aromatic carbocycles. The van der Waals surface area contributed by atoms with Crippen LogP contribution in [0.15, 0.2) is 30.3 Å². The van der Waals surface area contributed by atoms with E-state index in [4.69, 9.17) is 0 Å². The lowest BCUT2D eigenvalue weighted by Gasteiger charge is -2.35. The van der Waals surface area contributed by atoms with Gasteiger partial charge in [0.2, 0.25) is 5.91 Å². The van der Waals surface area contributed by atoms with Crippen molar-refractivity contribution in [3.8, 4) is 0 Å². The molecule has 1 saturated heterocycles. The Morgan fingerprint density at radius 2 is 2.00 bits per heavy atom. The monoisotopic (exact) mass is 344 g/mol. The maximum Gasteiger partial charge on any atom is 0.273 e. The van der Waals surface area contributed by atoms with E-state index in [0.29, 0.717) is 24.3 Å². The van der Waals surface area contributed by atoms with Crippen LogP contribution in [0.5, 0.6) is 0 Å². The van der Waals surface area contributed by atoms with Crippen molar-refractivity contribution in [3.05, 3.63) is 53.1 Å². The Bertz CT molecular complexity index is 798. The minimum Gasteiger partial charge on any atom is -0.352 e. The van der Waals surface area contributed by atoms with Gasteiger partial charge in [0.15, 0.2) is 0 Å². The van der Waals surface area contributed by atoms with Crippen LogP contribution in [0.3, 0.4) is 0 Å². The first-order valence-corrected chi connectivity index (χ1v) is 8.26. The van der Waals surface area contributed by atoms with Gasteiger partial charge in [-0.15, -0.1) is 0 Å². The van der Waals surface area contributed by atoms with Crippen molar-refractivity contribution in [1.29, 1.82) is 0 Å². The summed E-state index contributed by atoms with van der Waals surface area (Å²) in [6.07, 6.45) is 0. The number of nitrogens with zero attached hydrogens (tertiary/aromatic N) is 3. The smallest absolute Gasteiger partial charge is 0.273 e. The SMILES string of the molecule is CC(C)c1cc(C(=O)N2CCNC(=O)[C@H]2c2ccc(F)cc2)n(C)n1. The van der Waals surface area contributed by atoms with Gasteiger partial charge in [-0.05, 0) is 29.7 Å². The highest BCUT2D eigenvalue weighted by molar-refractivity contribution is 5.97. The zero-order valence-electron chi connectivity index (χ0n) is 14.5. The van der Waals surface area contributed by atoms with Gasteiger partial charge in [-0.3, -0.25) is 14.3 Å². The van der Waals surface area contributed by atoms with Gasteiger partial charge in [0.1, 0.15) is 17.6 Å². The van der Waals surface area contributed by atoms with Crippen LogP contribution in [0.4, 0.5) is 4.39 Å². The summed E-state index contributed by atoms with van der Waals surface area (Å²) >= 11 is 0. The molecule has 0 saturated carbocycles. The van der Waals surface area contributed by atoms with Gasteiger partial charge in [-0.2, -0.15) is 5.10 Å². The highest BCUT2D eigenvalue weighted by Crippen LogP contribution is 2.26. The molecule has 0 aliphatic carbocycles. The Kier molecular flexibility index (Phi) is 4.57. The van der Waals surface area contributed by atoms with E-state index in [9.17, 15) is 14.0 Å². The van der Waals surface area contributed by atoms with Crippen LogP contribution in [0.2, 0.25) is 0 Å². The van der Waals surface area contributed by atoms with E-state index in [1.807, 2.05) is 13.8 Å². The Hall–Kier alpha value is -2.70. The quantitative estimate of drug-likeness (QED) is 0.926. The third-order valence-corrected chi connectivity index (χ3v) is 4.37. The van der Waals surface area contributed by atoms with Crippen molar-refractivity contribution in [3.63, 3.8) is 0 Å². The third-order valence-electron chi connectivity index (χ3n) is 4.37. The molecule has 0 bridgehead atoms. The summed E-state index contributed by atoms with van der Waals surface area (Å²) in [5.41, 5.74) is 1.84. The van der Waals surface area contributed by atoms with Crippen molar-refractivity contribution in [1.82, 2.24) is 20.0 Å². The number of nitrogens with one attached hydrogen (secondary N) is 1. The lowest BCUT2D eigenvalue weighted by atomic mass is 10.0. The summed E-state index contributed by atoms with van der Waals surface area (Å²) in [4.78, 5) is 27.0. The molecule has 1 N–H and O–H groups in total. The second-order valence-electron chi connectivity index (χ2n) is 6.48. The normalized spacial score (nSPS) is 17.7. The van der Waals surface area contributed by atoms with Crippen molar-refractivity contribution in [2.45, 2.75) is 25.8 Å². The average Bonchev–Trinajstić information content (AvgIpc) is 2.97. The van der Waals surface area contributed by atoms with Gasteiger partial charge < -0.3 is 10.2 Å². The minimum atomic E-state index is -0.778. The lowest BCUT2D eigenvalue weighted by Crippen LogP contribution is -2.52. The fraction of sp³-hybridized carbons (Fsp3) is 0.389. The van der Waals surface area contributed by atoms with Crippen LogP contribution < -0.4 is 5.32 Å². The Morgan fingerprint density at radius 3 is 2.60 bits per heavy atom. The number of hydrogen-bond acceptors (Lipinski definition) is 3. The molecular formula is C18H21FN4O2. The summed E-state index contributed by atoms with van der Waals surface area (Å²) in [6.45, 7) is 4.78. The Balaban J connectivity index is 1.96. The van der Waals surface area contributed by atoms with E-state index < -0.39 is 6.04 Å². The zero-order chi connectivity index (χ0) is 18.1. The highest BCUT2D eigenvalue weighted by Gasteiger charge is 2.36. The number of amides is 2. The summed E-state index contributed by atoms with van der Waals surface area (Å²) in [5.74, 6) is -0.708. The van der Waals surface area contributed by atoms with Crippen LogP contribution in [0.1, 0.15) is 47.6 Å². The van der Waals surface area contributed by atoms with Crippen molar-refractivity contribution in [2.75, 3.05) is 13.1 Å². The number of halogens is 1. The van der Waals surface area contributed by atoms with Gasteiger partial charge >= 0.3 is 0 Å². The first kappa shape index (κ1) is 17.1. The van der Waals surface area contributed by atoms with Gasteiger partial charge in [0, 0.05) is 20.1 Å². The molecule has 1 atom stereocenters. The number of aryl methyl sites for hydroxylation is 1. The number of carbonyl (C=O) groups is 2. The lowest BCUT2D eigenvalue weighted by molar-refractivity contribution is -0.128. The van der Waals surface area contributed by atoms with E-state index >= 15 is 0 Å². The number of aromatic nitrogens is 2. The summed E-state index contributed by atoms with van der Waals surface area (Å²) in [6, 6.07) is 6.64. The first-order valence-electron chi connectivity index (χ1n) is 8.26. The number of piperazine rings is 1. The number of hydrogen-bond donors (Lipinski definition) is 1.